The van der Waals surface area contributed by atoms with Crippen LogP contribution in [0.1, 0.15) is 5.56 Å². The van der Waals surface area contributed by atoms with Gasteiger partial charge in [-0.25, -0.2) is 0 Å². The Balaban J connectivity index is 1.49. The van der Waals surface area contributed by atoms with Crippen LogP contribution in [0.25, 0.3) is 10.9 Å². The number of carbonyl (C=O) groups is 1. The predicted octanol–water partition coefficient (Wildman–Crippen LogP) is 3.01. The highest BCUT2D eigenvalue weighted by molar-refractivity contribution is 5.92. The molecule has 1 aromatic heterocycles. The molecule has 1 amide bonds. The first kappa shape index (κ1) is 16.8. The molecule has 0 aliphatic carbocycles. The highest BCUT2D eigenvalue weighted by Crippen LogP contribution is 2.20. The summed E-state index contributed by atoms with van der Waals surface area (Å²) < 4.78 is 5.20. The number of para-hydroxylation sites is 1. The van der Waals surface area contributed by atoms with E-state index in [1.165, 1.54) is 0 Å². The number of amides is 1. The summed E-state index contributed by atoms with van der Waals surface area (Å²) >= 11 is 0. The zero-order chi connectivity index (χ0) is 17.5. The lowest BCUT2D eigenvalue weighted by molar-refractivity contribution is -0.119. The molecule has 2 N–H and O–H groups in total. The van der Waals surface area contributed by atoms with Crippen LogP contribution in [0, 0.1) is 0 Å². The first-order valence-corrected chi connectivity index (χ1v) is 8.23. The number of carbonyl (C=O) groups excluding carboxylic acids is 1. The summed E-state index contributed by atoms with van der Waals surface area (Å²) in [5.74, 6) is 0.782. The van der Waals surface area contributed by atoms with E-state index < -0.39 is 0 Å². The maximum Gasteiger partial charge on any atom is 0.239 e. The van der Waals surface area contributed by atoms with E-state index in [1.807, 2.05) is 54.6 Å². The van der Waals surface area contributed by atoms with E-state index >= 15 is 0 Å². The van der Waals surface area contributed by atoms with E-state index in [1.54, 1.807) is 13.3 Å². The Hall–Kier alpha value is -3.08. The lowest BCUT2D eigenvalue weighted by atomic mass is 10.1. The summed E-state index contributed by atoms with van der Waals surface area (Å²) in [6.07, 6.45) is 2.51. The van der Waals surface area contributed by atoms with Crippen molar-refractivity contribution >= 4 is 22.5 Å². The van der Waals surface area contributed by atoms with Crippen molar-refractivity contribution in [3.8, 4) is 5.75 Å². The van der Waals surface area contributed by atoms with Crippen molar-refractivity contribution in [2.75, 3.05) is 25.5 Å². The number of pyridine rings is 1. The molecule has 128 valence electrons. The van der Waals surface area contributed by atoms with E-state index in [0.29, 0.717) is 6.54 Å². The number of nitrogens with zero attached hydrogens (tertiary/aromatic N) is 1. The van der Waals surface area contributed by atoms with Crippen molar-refractivity contribution in [1.82, 2.24) is 10.3 Å². The van der Waals surface area contributed by atoms with Gasteiger partial charge in [0.2, 0.25) is 5.91 Å². The number of hydrogen-bond acceptors (Lipinski definition) is 4. The molecule has 5 heteroatoms. The van der Waals surface area contributed by atoms with E-state index in [-0.39, 0.29) is 12.5 Å². The lowest BCUT2D eigenvalue weighted by Gasteiger charge is -2.10. The van der Waals surface area contributed by atoms with Crippen LogP contribution in [-0.2, 0) is 11.2 Å². The van der Waals surface area contributed by atoms with Gasteiger partial charge >= 0.3 is 0 Å². The molecule has 0 radical (unpaired) electrons. The fourth-order valence-corrected chi connectivity index (χ4v) is 2.66. The van der Waals surface area contributed by atoms with Gasteiger partial charge in [0.05, 0.1) is 24.9 Å². The van der Waals surface area contributed by atoms with E-state index in [0.717, 1.165) is 34.3 Å². The molecule has 5 nitrogen and oxygen atoms in total. The van der Waals surface area contributed by atoms with Gasteiger partial charge in [0.15, 0.2) is 0 Å². The number of benzene rings is 2. The summed E-state index contributed by atoms with van der Waals surface area (Å²) in [4.78, 5) is 16.4. The third-order valence-electron chi connectivity index (χ3n) is 3.94. The van der Waals surface area contributed by atoms with E-state index in [4.69, 9.17) is 4.74 Å². The number of fused-ring (bicyclic) bond motifs is 1. The average Bonchev–Trinajstić information content (AvgIpc) is 2.66. The Kier molecular flexibility index (Phi) is 5.46. The standard InChI is InChI=1S/C20H21N3O2/c1-25-17-8-2-5-15(13-17)10-12-21-19(24)14-23-18-9-3-6-16-7-4-11-22-20(16)18/h2-9,11,13,23H,10,12,14H2,1H3,(H,21,24). The molecule has 3 rings (SSSR count). The number of aromatic nitrogens is 1. The smallest absolute Gasteiger partial charge is 0.239 e. The second kappa shape index (κ2) is 8.15. The van der Waals surface area contributed by atoms with Gasteiger partial charge in [-0.2, -0.15) is 0 Å². The Bertz CT molecular complexity index is 859. The van der Waals surface area contributed by atoms with Crippen LogP contribution in [0.5, 0.6) is 5.75 Å². The van der Waals surface area contributed by atoms with Gasteiger partial charge in [0, 0.05) is 18.1 Å². The van der Waals surface area contributed by atoms with Gasteiger partial charge in [-0.3, -0.25) is 9.78 Å². The largest absolute Gasteiger partial charge is 0.497 e. The third kappa shape index (κ3) is 4.47. The summed E-state index contributed by atoms with van der Waals surface area (Å²) in [6, 6.07) is 17.6. The van der Waals surface area contributed by atoms with Crippen LogP contribution < -0.4 is 15.4 Å². The number of anilines is 1. The lowest BCUT2D eigenvalue weighted by Crippen LogP contribution is -2.31. The number of ether oxygens (including phenoxy) is 1. The average molecular weight is 335 g/mol. The molecule has 0 aliphatic rings. The first-order chi connectivity index (χ1) is 12.3. The van der Waals surface area contributed by atoms with Crippen molar-refractivity contribution in [1.29, 1.82) is 0 Å². The van der Waals surface area contributed by atoms with E-state index in [9.17, 15) is 4.79 Å². The Labute approximate surface area is 147 Å². The molecule has 0 aliphatic heterocycles. The number of hydrogen-bond donors (Lipinski definition) is 2. The SMILES string of the molecule is COc1cccc(CCNC(=O)CNc2cccc3cccnc23)c1. The fourth-order valence-electron chi connectivity index (χ4n) is 2.66. The van der Waals surface area contributed by atoms with Crippen LogP contribution in [0.2, 0.25) is 0 Å². The number of rotatable bonds is 7. The van der Waals surface area contributed by atoms with Gasteiger partial charge in [0.25, 0.3) is 0 Å². The molecule has 3 aromatic rings. The third-order valence-corrected chi connectivity index (χ3v) is 3.94. The van der Waals surface area contributed by atoms with Crippen LogP contribution in [-0.4, -0.2) is 31.1 Å². The minimum atomic E-state index is -0.0455. The molecule has 0 spiro atoms. The Morgan fingerprint density at radius 1 is 1.12 bits per heavy atom. The number of methoxy groups -OCH3 is 1. The summed E-state index contributed by atoms with van der Waals surface area (Å²) in [5, 5.41) is 7.13. The molecule has 0 fully saturated rings. The molecule has 0 bridgehead atoms. The topological polar surface area (TPSA) is 63.2 Å². The van der Waals surface area contributed by atoms with Crippen molar-refractivity contribution < 1.29 is 9.53 Å². The molecule has 0 saturated heterocycles. The summed E-state index contributed by atoms with van der Waals surface area (Å²) in [6.45, 7) is 0.801. The summed E-state index contributed by atoms with van der Waals surface area (Å²) in [5.41, 5.74) is 2.86. The van der Waals surface area contributed by atoms with Crippen molar-refractivity contribution in [3.63, 3.8) is 0 Å². The maximum absolute atomic E-state index is 12.0. The predicted molar refractivity (Wildman–Crippen MR) is 99.9 cm³/mol. The fraction of sp³-hybridized carbons (Fsp3) is 0.200. The molecule has 2 aromatic carbocycles. The van der Waals surface area contributed by atoms with Gasteiger partial charge in [-0.05, 0) is 36.2 Å². The van der Waals surface area contributed by atoms with Crippen LogP contribution in [0.3, 0.4) is 0 Å². The second-order valence-corrected chi connectivity index (χ2v) is 5.69. The van der Waals surface area contributed by atoms with Crippen molar-refractivity contribution in [2.45, 2.75) is 6.42 Å². The molecular formula is C20H21N3O2. The highest BCUT2D eigenvalue weighted by atomic mass is 16.5. The number of nitrogens with one attached hydrogen (secondary N) is 2. The molecule has 25 heavy (non-hydrogen) atoms. The van der Waals surface area contributed by atoms with Crippen molar-refractivity contribution in [3.05, 3.63) is 66.4 Å². The molecule has 0 atom stereocenters. The highest BCUT2D eigenvalue weighted by Gasteiger charge is 2.05. The van der Waals surface area contributed by atoms with Crippen molar-refractivity contribution in [2.24, 2.45) is 0 Å². The maximum atomic E-state index is 12.0. The molecule has 0 saturated carbocycles. The van der Waals surface area contributed by atoms with Gasteiger partial charge in [-0.1, -0.05) is 30.3 Å². The Morgan fingerprint density at radius 3 is 2.84 bits per heavy atom. The van der Waals surface area contributed by atoms with Crippen LogP contribution >= 0.6 is 0 Å². The van der Waals surface area contributed by atoms with Crippen LogP contribution in [0.4, 0.5) is 5.69 Å². The Morgan fingerprint density at radius 2 is 1.96 bits per heavy atom. The van der Waals surface area contributed by atoms with Gasteiger partial charge in [-0.15, -0.1) is 0 Å². The monoisotopic (exact) mass is 335 g/mol. The molecule has 0 unspecified atom stereocenters. The second-order valence-electron chi connectivity index (χ2n) is 5.69. The zero-order valence-electron chi connectivity index (χ0n) is 14.2. The minimum absolute atomic E-state index is 0.0455. The zero-order valence-corrected chi connectivity index (χ0v) is 14.2. The summed E-state index contributed by atoms with van der Waals surface area (Å²) in [7, 11) is 1.65. The van der Waals surface area contributed by atoms with Gasteiger partial charge < -0.3 is 15.4 Å². The quantitative estimate of drug-likeness (QED) is 0.697. The molecular weight excluding hydrogens is 314 g/mol. The normalized spacial score (nSPS) is 10.4. The first-order valence-electron chi connectivity index (χ1n) is 8.23. The van der Waals surface area contributed by atoms with Crippen LogP contribution in [0.15, 0.2) is 60.8 Å². The van der Waals surface area contributed by atoms with E-state index in [2.05, 4.69) is 15.6 Å². The van der Waals surface area contributed by atoms with Gasteiger partial charge in [0.1, 0.15) is 5.75 Å². The molecule has 1 heterocycles. The minimum Gasteiger partial charge on any atom is -0.497 e.